The Bertz CT molecular complexity index is 962. The Labute approximate surface area is 228 Å². The van der Waals surface area contributed by atoms with Crippen LogP contribution in [-0.2, 0) is 11.3 Å². The summed E-state index contributed by atoms with van der Waals surface area (Å²) in [5.41, 5.74) is 1.93. The van der Waals surface area contributed by atoms with E-state index in [1.165, 1.54) is 0 Å². The molecule has 1 N–H and O–H groups in total. The maximum absolute atomic E-state index is 12.7. The number of aliphatic hydroxyl groups excluding tert-OH is 1. The van der Waals surface area contributed by atoms with E-state index < -0.39 is 30.8 Å². The number of benzene rings is 1. The molecule has 1 amide bonds. The second-order valence-electron chi connectivity index (χ2n) is 10.4. The van der Waals surface area contributed by atoms with Gasteiger partial charge in [0, 0.05) is 75.5 Å². The van der Waals surface area contributed by atoms with Gasteiger partial charge in [-0.05, 0) is 43.4 Å². The number of halogens is 7. The lowest BCUT2D eigenvalue weighted by molar-refractivity contribution is -0.308. The second-order valence-corrected chi connectivity index (χ2v) is 10.8. The Morgan fingerprint density at radius 1 is 0.949 bits per heavy atom. The van der Waals surface area contributed by atoms with Gasteiger partial charge in [-0.1, -0.05) is 17.7 Å². The van der Waals surface area contributed by atoms with Crippen LogP contribution in [0.15, 0.2) is 18.2 Å². The number of aliphatic hydroxyl groups is 1. The summed E-state index contributed by atoms with van der Waals surface area (Å²) in [6.45, 7) is 4.21. The molecule has 0 spiro atoms. The lowest BCUT2D eigenvalue weighted by atomic mass is 9.93. The number of carbonyl (C=O) groups excluding carboxylic acids is 1. The van der Waals surface area contributed by atoms with Gasteiger partial charge >= 0.3 is 18.4 Å². The molecule has 0 aliphatic carbocycles. The van der Waals surface area contributed by atoms with Crippen LogP contribution in [0.2, 0.25) is 5.02 Å². The standard InChI is InChI=1S/C25H33ClF6N4O3/c26-19-4-3-18(20(15-19)34-9-5-17(6-10-34)21(37)35-7-1-2-8-35)16-33-11-13-36(14-12-33)23(38)39-22(24(27,28)29)25(30,31)32/h3-4,15,17,21-22,37H,1-2,5-14,16H2. The summed E-state index contributed by atoms with van der Waals surface area (Å²) in [6, 6.07) is 5.56. The Morgan fingerprint density at radius 3 is 2.10 bits per heavy atom. The van der Waals surface area contributed by atoms with Crippen LogP contribution in [0.5, 0.6) is 0 Å². The van der Waals surface area contributed by atoms with Crippen molar-refractivity contribution in [2.75, 3.05) is 57.3 Å². The summed E-state index contributed by atoms with van der Waals surface area (Å²) >= 11 is 6.30. The number of likely N-dealkylation sites (tertiary alicyclic amines) is 1. The molecular weight excluding hydrogens is 554 g/mol. The highest BCUT2D eigenvalue weighted by Crippen LogP contribution is 2.36. The quantitative estimate of drug-likeness (QED) is 0.487. The molecule has 220 valence electrons. The number of ether oxygens (including phenoxy) is 1. The van der Waals surface area contributed by atoms with Gasteiger partial charge in [-0.25, -0.2) is 4.79 Å². The van der Waals surface area contributed by atoms with E-state index in [2.05, 4.69) is 14.5 Å². The molecule has 3 aliphatic heterocycles. The molecule has 3 heterocycles. The van der Waals surface area contributed by atoms with Gasteiger partial charge in [0.25, 0.3) is 6.10 Å². The highest BCUT2D eigenvalue weighted by molar-refractivity contribution is 6.30. The van der Waals surface area contributed by atoms with Crippen LogP contribution in [0, 0.1) is 5.92 Å². The topological polar surface area (TPSA) is 59.5 Å². The number of piperazine rings is 1. The maximum Gasteiger partial charge on any atom is 0.434 e. The van der Waals surface area contributed by atoms with Crippen LogP contribution in [0.4, 0.5) is 36.8 Å². The van der Waals surface area contributed by atoms with Crippen LogP contribution in [0.1, 0.15) is 31.2 Å². The molecule has 7 nitrogen and oxygen atoms in total. The normalized spacial score (nSPS) is 21.6. The summed E-state index contributed by atoms with van der Waals surface area (Å²) in [4.78, 5) is 19.3. The van der Waals surface area contributed by atoms with Crippen molar-refractivity contribution < 1.29 is 41.0 Å². The number of rotatable bonds is 6. The van der Waals surface area contributed by atoms with Crippen molar-refractivity contribution in [2.24, 2.45) is 5.92 Å². The van der Waals surface area contributed by atoms with Crippen molar-refractivity contribution in [2.45, 2.75) is 56.9 Å². The molecule has 39 heavy (non-hydrogen) atoms. The van der Waals surface area contributed by atoms with Crippen LogP contribution >= 0.6 is 11.6 Å². The van der Waals surface area contributed by atoms with Gasteiger partial charge in [-0.2, -0.15) is 26.3 Å². The van der Waals surface area contributed by atoms with Gasteiger partial charge in [0.05, 0.1) is 0 Å². The molecule has 14 heteroatoms. The minimum Gasteiger partial charge on any atom is -0.426 e. The first kappa shape index (κ1) is 30.0. The van der Waals surface area contributed by atoms with Crippen molar-refractivity contribution in [1.29, 1.82) is 0 Å². The first-order valence-corrected chi connectivity index (χ1v) is 13.5. The third-order valence-corrected chi connectivity index (χ3v) is 7.94. The smallest absolute Gasteiger partial charge is 0.426 e. The van der Waals surface area contributed by atoms with Crippen LogP contribution < -0.4 is 4.90 Å². The number of hydrogen-bond donors (Lipinski definition) is 1. The molecule has 1 atom stereocenters. The van der Waals surface area contributed by atoms with Gasteiger partial charge in [-0.15, -0.1) is 0 Å². The number of anilines is 1. The van der Waals surface area contributed by atoms with Crippen LogP contribution in [-0.4, -0.2) is 103 Å². The maximum atomic E-state index is 12.7. The number of nitrogens with zero attached hydrogens (tertiary/aromatic N) is 4. The average molecular weight is 587 g/mol. The molecule has 0 aromatic heterocycles. The molecule has 4 rings (SSSR count). The molecule has 0 saturated carbocycles. The Balaban J connectivity index is 1.32. The second kappa shape index (κ2) is 12.3. The van der Waals surface area contributed by atoms with E-state index in [1.54, 1.807) is 6.07 Å². The third-order valence-electron chi connectivity index (χ3n) is 7.70. The van der Waals surface area contributed by atoms with Gasteiger partial charge in [0.1, 0.15) is 6.23 Å². The summed E-state index contributed by atoms with van der Waals surface area (Å²) in [7, 11) is 0. The SMILES string of the molecule is O=C(OC(C(F)(F)F)C(F)(F)F)N1CCN(Cc2ccc(Cl)cc2N2CCC(C(O)N3CCCC3)CC2)CC1. The Hall–Kier alpha value is -1.96. The van der Waals surface area contributed by atoms with Crippen molar-refractivity contribution in [3.63, 3.8) is 0 Å². The Morgan fingerprint density at radius 2 is 1.54 bits per heavy atom. The molecule has 1 unspecified atom stereocenters. The fourth-order valence-electron chi connectivity index (χ4n) is 5.53. The van der Waals surface area contributed by atoms with E-state index >= 15 is 0 Å². The summed E-state index contributed by atoms with van der Waals surface area (Å²) in [6.07, 6.45) is -13.8. The predicted octanol–water partition coefficient (Wildman–Crippen LogP) is 4.72. The van der Waals surface area contributed by atoms with Crippen molar-refractivity contribution in [1.82, 2.24) is 14.7 Å². The van der Waals surface area contributed by atoms with E-state index in [0.717, 1.165) is 68.0 Å². The van der Waals surface area contributed by atoms with Crippen molar-refractivity contribution >= 4 is 23.4 Å². The number of piperidine rings is 1. The lowest BCUT2D eigenvalue weighted by Gasteiger charge is -2.39. The average Bonchev–Trinajstić information content (AvgIpc) is 3.42. The van der Waals surface area contributed by atoms with E-state index in [4.69, 9.17) is 11.6 Å². The Kier molecular flexibility index (Phi) is 9.45. The highest BCUT2D eigenvalue weighted by atomic mass is 35.5. The van der Waals surface area contributed by atoms with Gasteiger partial charge < -0.3 is 19.6 Å². The molecule has 1 aromatic carbocycles. The van der Waals surface area contributed by atoms with E-state index in [1.807, 2.05) is 17.0 Å². The van der Waals surface area contributed by atoms with E-state index in [0.29, 0.717) is 11.6 Å². The summed E-state index contributed by atoms with van der Waals surface area (Å²) in [5.74, 6) is 0.198. The summed E-state index contributed by atoms with van der Waals surface area (Å²) in [5, 5.41) is 11.3. The molecule has 3 fully saturated rings. The molecule has 0 radical (unpaired) electrons. The zero-order valence-corrected chi connectivity index (χ0v) is 22.1. The minimum atomic E-state index is -5.75. The first-order valence-electron chi connectivity index (χ1n) is 13.1. The third kappa shape index (κ3) is 7.62. The molecular formula is C25H33ClF6N4O3. The molecule has 3 saturated heterocycles. The molecule has 1 aromatic rings. The monoisotopic (exact) mass is 586 g/mol. The van der Waals surface area contributed by atoms with Crippen molar-refractivity contribution in [3.8, 4) is 0 Å². The van der Waals surface area contributed by atoms with Gasteiger partial charge in [0.15, 0.2) is 0 Å². The largest absolute Gasteiger partial charge is 0.434 e. The van der Waals surface area contributed by atoms with Crippen LogP contribution in [0.25, 0.3) is 0 Å². The van der Waals surface area contributed by atoms with Crippen LogP contribution in [0.3, 0.4) is 0 Å². The highest BCUT2D eigenvalue weighted by Gasteiger charge is 2.60. The van der Waals surface area contributed by atoms with Crippen molar-refractivity contribution in [3.05, 3.63) is 28.8 Å². The summed E-state index contributed by atoms with van der Waals surface area (Å²) < 4.78 is 80.3. The predicted molar refractivity (Wildman–Crippen MR) is 132 cm³/mol. The number of hydrogen-bond acceptors (Lipinski definition) is 6. The number of alkyl halides is 6. The van der Waals surface area contributed by atoms with E-state index in [9.17, 15) is 36.2 Å². The zero-order valence-electron chi connectivity index (χ0n) is 21.4. The zero-order chi connectivity index (χ0) is 28.4. The minimum absolute atomic E-state index is 0.0655. The lowest BCUT2D eigenvalue weighted by Crippen LogP contribution is -2.52. The molecule has 3 aliphatic rings. The fraction of sp³-hybridized carbons (Fsp3) is 0.720. The van der Waals surface area contributed by atoms with Gasteiger partial charge in [0.2, 0.25) is 0 Å². The number of amides is 1. The van der Waals surface area contributed by atoms with Gasteiger partial charge in [-0.3, -0.25) is 9.80 Å². The van der Waals surface area contributed by atoms with E-state index in [-0.39, 0.29) is 32.1 Å². The first-order chi connectivity index (χ1) is 18.3. The fourth-order valence-corrected chi connectivity index (χ4v) is 5.70. The molecule has 0 bridgehead atoms. The number of carbonyl (C=O) groups is 1.